The predicted octanol–water partition coefficient (Wildman–Crippen LogP) is 1.01. The van der Waals surface area contributed by atoms with Crippen molar-refractivity contribution in [2.45, 2.75) is 50.9 Å². The molecule has 2 amide bonds. The molecule has 3 heterocycles. The number of aryl methyl sites for hydroxylation is 1. The number of halogens is 1. The van der Waals surface area contributed by atoms with E-state index in [1.54, 1.807) is 27.7 Å². The van der Waals surface area contributed by atoms with Crippen molar-refractivity contribution >= 4 is 28.8 Å². The minimum atomic E-state index is -1.22. The first-order valence-corrected chi connectivity index (χ1v) is 10.5. The number of amides is 2. The van der Waals surface area contributed by atoms with Crippen LogP contribution in [-0.2, 0) is 20.9 Å². The van der Waals surface area contributed by atoms with Gasteiger partial charge in [0.15, 0.2) is 0 Å². The maximum atomic E-state index is 14.9. The highest BCUT2D eigenvalue weighted by Gasteiger charge is 2.34. The largest absolute Gasteiger partial charge is 0.480 e. The Morgan fingerprint density at radius 1 is 1.23 bits per heavy atom. The summed E-state index contributed by atoms with van der Waals surface area (Å²) in [6.07, 6.45) is -0.323. The summed E-state index contributed by atoms with van der Waals surface area (Å²) in [4.78, 5) is 49.4. The van der Waals surface area contributed by atoms with E-state index in [0.717, 1.165) is 5.56 Å². The molecular formula is C21H25FN4O5. The Hall–Kier alpha value is -3.01. The number of carboxylic acid groups (broad SMARTS) is 1. The molecule has 2 aliphatic heterocycles. The fourth-order valence-corrected chi connectivity index (χ4v) is 4.74. The lowest BCUT2D eigenvalue weighted by Crippen LogP contribution is -2.44. The Bertz CT molecular complexity index is 1110. The third-order valence-corrected chi connectivity index (χ3v) is 6.24. The second-order valence-corrected chi connectivity index (χ2v) is 8.15. The average Bonchev–Trinajstić information content (AvgIpc) is 2.98. The van der Waals surface area contributed by atoms with Gasteiger partial charge >= 0.3 is 11.7 Å². The molecule has 1 aromatic carbocycles. The predicted molar refractivity (Wildman–Crippen MR) is 110 cm³/mol. The van der Waals surface area contributed by atoms with E-state index in [1.807, 2.05) is 6.92 Å². The topological polar surface area (TPSA) is 114 Å². The number of rotatable bonds is 5. The smallest absolute Gasteiger partial charge is 0.329 e. The zero-order chi connectivity index (χ0) is 22.3. The van der Waals surface area contributed by atoms with Crippen LogP contribution in [0.4, 0.5) is 4.39 Å². The van der Waals surface area contributed by atoms with Crippen molar-refractivity contribution in [3.8, 4) is 0 Å². The Labute approximate surface area is 177 Å². The highest BCUT2D eigenvalue weighted by Crippen LogP contribution is 2.33. The fourth-order valence-electron chi connectivity index (χ4n) is 4.74. The first kappa shape index (κ1) is 21.2. The molecule has 2 aliphatic rings. The number of hydrogen-bond donors (Lipinski definition) is 2. The van der Waals surface area contributed by atoms with Crippen LogP contribution in [0.2, 0.25) is 0 Å². The monoisotopic (exact) mass is 432 g/mol. The van der Waals surface area contributed by atoms with Crippen molar-refractivity contribution < 1.29 is 23.9 Å². The van der Waals surface area contributed by atoms with Crippen molar-refractivity contribution in [1.29, 1.82) is 0 Å². The van der Waals surface area contributed by atoms with Gasteiger partial charge in [0, 0.05) is 25.4 Å². The number of carboxylic acids is 1. The van der Waals surface area contributed by atoms with E-state index in [1.165, 1.54) is 4.57 Å². The lowest BCUT2D eigenvalue weighted by Gasteiger charge is -2.34. The molecule has 2 saturated heterocycles. The maximum Gasteiger partial charge on any atom is 0.329 e. The molecule has 0 bridgehead atoms. The third-order valence-electron chi connectivity index (χ3n) is 6.24. The lowest BCUT2D eigenvalue weighted by molar-refractivity contribution is -0.139. The Morgan fingerprint density at radius 3 is 2.65 bits per heavy atom. The highest BCUT2D eigenvalue weighted by atomic mass is 19.1. The molecule has 0 radical (unpaired) electrons. The maximum absolute atomic E-state index is 14.9. The average molecular weight is 432 g/mol. The molecule has 1 aromatic heterocycles. The summed E-state index contributed by atoms with van der Waals surface area (Å²) in [6.45, 7) is 2.55. The van der Waals surface area contributed by atoms with Gasteiger partial charge in [0.05, 0.1) is 17.6 Å². The Morgan fingerprint density at radius 2 is 2.00 bits per heavy atom. The molecule has 9 nitrogen and oxygen atoms in total. The van der Waals surface area contributed by atoms with Gasteiger partial charge in [0.25, 0.3) is 0 Å². The number of alkyl halides is 1. The first-order valence-electron chi connectivity index (χ1n) is 10.5. The quantitative estimate of drug-likeness (QED) is 0.682. The van der Waals surface area contributed by atoms with Crippen LogP contribution in [0.25, 0.3) is 11.0 Å². The number of fused-ring (bicyclic) bond motifs is 1. The molecule has 31 heavy (non-hydrogen) atoms. The second-order valence-electron chi connectivity index (χ2n) is 8.15. The normalized spacial score (nSPS) is 25.0. The van der Waals surface area contributed by atoms with Gasteiger partial charge in [-0.15, -0.1) is 0 Å². The number of imide groups is 1. The fraction of sp³-hybridized carbons (Fsp3) is 0.524. The van der Waals surface area contributed by atoms with Crippen LogP contribution in [0.3, 0.4) is 0 Å². The SMILES string of the molecule is CCn1c(=O)n(C2CCC(=O)NC2=O)c2ccc([C@H]3CCN(CC(=O)O)C[C@@H]3F)cc21. The van der Waals surface area contributed by atoms with Gasteiger partial charge in [-0.05, 0) is 44.0 Å². The number of aromatic nitrogens is 2. The van der Waals surface area contributed by atoms with Crippen LogP contribution in [0.15, 0.2) is 23.0 Å². The molecule has 166 valence electrons. The summed E-state index contributed by atoms with van der Waals surface area (Å²) in [5, 5.41) is 11.2. The van der Waals surface area contributed by atoms with Crippen LogP contribution >= 0.6 is 0 Å². The highest BCUT2D eigenvalue weighted by molar-refractivity contribution is 6.00. The van der Waals surface area contributed by atoms with E-state index in [9.17, 15) is 23.6 Å². The van der Waals surface area contributed by atoms with Crippen molar-refractivity contribution in [1.82, 2.24) is 19.4 Å². The summed E-state index contributed by atoms with van der Waals surface area (Å²) in [7, 11) is 0. The van der Waals surface area contributed by atoms with E-state index in [2.05, 4.69) is 5.32 Å². The molecule has 2 aromatic rings. The van der Waals surface area contributed by atoms with Crippen molar-refractivity contribution in [3.05, 3.63) is 34.2 Å². The minimum Gasteiger partial charge on any atom is -0.480 e. The van der Waals surface area contributed by atoms with Crippen LogP contribution in [0.5, 0.6) is 0 Å². The van der Waals surface area contributed by atoms with E-state index in [-0.39, 0.29) is 37.5 Å². The number of likely N-dealkylation sites (tertiary alicyclic amines) is 1. The third kappa shape index (κ3) is 3.87. The van der Waals surface area contributed by atoms with Crippen molar-refractivity contribution in [2.24, 2.45) is 0 Å². The molecule has 10 heteroatoms. The van der Waals surface area contributed by atoms with Gasteiger partial charge in [0.2, 0.25) is 11.8 Å². The Kier molecular flexibility index (Phi) is 5.65. The number of carbonyl (C=O) groups is 3. The zero-order valence-corrected chi connectivity index (χ0v) is 17.2. The summed E-state index contributed by atoms with van der Waals surface area (Å²) in [5.41, 5.74) is 1.61. The van der Waals surface area contributed by atoms with Gasteiger partial charge < -0.3 is 5.11 Å². The Balaban J connectivity index is 1.69. The van der Waals surface area contributed by atoms with E-state index >= 15 is 0 Å². The molecular weight excluding hydrogens is 407 g/mol. The molecule has 0 spiro atoms. The zero-order valence-electron chi connectivity index (χ0n) is 17.2. The van der Waals surface area contributed by atoms with Crippen LogP contribution in [0.1, 0.15) is 43.7 Å². The number of imidazole rings is 1. The summed E-state index contributed by atoms with van der Waals surface area (Å²) in [5.74, 6) is -2.21. The minimum absolute atomic E-state index is 0.0485. The van der Waals surface area contributed by atoms with E-state index in [0.29, 0.717) is 30.5 Å². The first-order chi connectivity index (χ1) is 14.8. The van der Waals surface area contributed by atoms with Gasteiger partial charge in [-0.2, -0.15) is 0 Å². The number of piperidine rings is 2. The van der Waals surface area contributed by atoms with Gasteiger partial charge in [-0.25, -0.2) is 9.18 Å². The summed E-state index contributed by atoms with van der Waals surface area (Å²) < 4.78 is 17.9. The number of benzene rings is 1. The van der Waals surface area contributed by atoms with Gasteiger partial charge in [0.1, 0.15) is 12.2 Å². The molecule has 0 aliphatic carbocycles. The van der Waals surface area contributed by atoms with Crippen LogP contribution < -0.4 is 11.0 Å². The molecule has 1 unspecified atom stereocenters. The van der Waals surface area contributed by atoms with Crippen LogP contribution in [-0.4, -0.2) is 62.7 Å². The van der Waals surface area contributed by atoms with Crippen molar-refractivity contribution in [3.63, 3.8) is 0 Å². The number of hydrogen-bond acceptors (Lipinski definition) is 5. The molecule has 4 rings (SSSR count). The lowest BCUT2D eigenvalue weighted by atomic mass is 9.87. The summed E-state index contributed by atoms with van der Waals surface area (Å²) >= 11 is 0. The van der Waals surface area contributed by atoms with Crippen LogP contribution in [0, 0.1) is 0 Å². The number of nitrogens with zero attached hydrogens (tertiary/aromatic N) is 3. The number of aliphatic carboxylic acids is 1. The molecule has 0 saturated carbocycles. The van der Waals surface area contributed by atoms with Gasteiger partial charge in [-0.3, -0.25) is 33.7 Å². The molecule has 3 atom stereocenters. The van der Waals surface area contributed by atoms with E-state index < -0.39 is 30.0 Å². The van der Waals surface area contributed by atoms with Gasteiger partial charge in [-0.1, -0.05) is 6.07 Å². The molecule has 2 N–H and O–H groups in total. The van der Waals surface area contributed by atoms with Crippen molar-refractivity contribution in [2.75, 3.05) is 19.6 Å². The number of nitrogens with one attached hydrogen (secondary N) is 1. The van der Waals surface area contributed by atoms with E-state index in [4.69, 9.17) is 5.11 Å². The second kappa shape index (κ2) is 8.26. The summed E-state index contributed by atoms with van der Waals surface area (Å²) in [6, 6.07) is 4.54. The standard InChI is InChI=1S/C21H25FN4O5/c1-2-25-17-9-12(13-7-8-24(10-14(13)22)11-19(28)29)3-4-15(17)26(21(25)31)16-5-6-18(27)23-20(16)30/h3-4,9,13-14,16H,2,5-8,10-11H2,1H3,(H,28,29)(H,23,27,30)/t13-,14+,16?/m1/s1. The molecule has 2 fully saturated rings. The number of carbonyl (C=O) groups excluding carboxylic acids is 2.